The highest BCUT2D eigenvalue weighted by Gasteiger charge is 2.30. The summed E-state index contributed by atoms with van der Waals surface area (Å²) in [6, 6.07) is 9.55. The van der Waals surface area contributed by atoms with Gasteiger partial charge in [-0.3, -0.25) is 9.59 Å². The second-order valence-corrected chi connectivity index (χ2v) is 5.60. The summed E-state index contributed by atoms with van der Waals surface area (Å²) in [5.74, 6) is -1.20. The lowest BCUT2D eigenvalue weighted by molar-refractivity contribution is -0.162. The third-order valence-corrected chi connectivity index (χ3v) is 2.71. The second kappa shape index (κ2) is 6.50. The minimum atomic E-state index is -0.702. The first-order chi connectivity index (χ1) is 8.83. The molecule has 0 saturated heterocycles. The van der Waals surface area contributed by atoms with Gasteiger partial charge in [0.05, 0.1) is 0 Å². The number of ketones is 1. The van der Waals surface area contributed by atoms with Crippen molar-refractivity contribution in [3.05, 3.63) is 35.9 Å². The number of Topliss-reactive ketones (excluding diaryl/α,β-unsaturated/α-hetero) is 1. The predicted octanol–water partition coefficient (Wildman–Crippen LogP) is 3.17. The number of ether oxygens (including phenoxy) is 1. The van der Waals surface area contributed by atoms with Crippen LogP contribution in [-0.4, -0.2) is 17.4 Å². The molecule has 0 fully saturated rings. The first-order valence-electron chi connectivity index (χ1n) is 6.63. The van der Waals surface area contributed by atoms with Crippen molar-refractivity contribution >= 4 is 11.8 Å². The number of hydrogen-bond donors (Lipinski definition) is 0. The van der Waals surface area contributed by atoms with Gasteiger partial charge in [0.1, 0.15) is 17.3 Å². The van der Waals surface area contributed by atoms with E-state index in [0.29, 0.717) is 12.8 Å². The number of carbonyl (C=O) groups is 2. The van der Waals surface area contributed by atoms with Crippen molar-refractivity contribution in [2.75, 3.05) is 0 Å². The van der Waals surface area contributed by atoms with E-state index in [4.69, 9.17) is 4.74 Å². The van der Waals surface area contributed by atoms with Gasteiger partial charge in [-0.15, -0.1) is 0 Å². The van der Waals surface area contributed by atoms with Gasteiger partial charge in [-0.1, -0.05) is 37.3 Å². The van der Waals surface area contributed by atoms with E-state index >= 15 is 0 Å². The van der Waals surface area contributed by atoms with Crippen LogP contribution in [-0.2, 0) is 20.7 Å². The zero-order valence-corrected chi connectivity index (χ0v) is 12.1. The van der Waals surface area contributed by atoms with Crippen LogP contribution in [0.1, 0.15) is 39.7 Å². The lowest BCUT2D eigenvalue weighted by Gasteiger charge is -2.23. The van der Waals surface area contributed by atoms with Crippen LogP contribution in [0.2, 0.25) is 0 Å². The lowest BCUT2D eigenvalue weighted by atomic mass is 9.93. The Kier molecular flexibility index (Phi) is 5.28. The predicted molar refractivity (Wildman–Crippen MR) is 74.8 cm³/mol. The zero-order valence-electron chi connectivity index (χ0n) is 12.1. The Balaban J connectivity index is 2.84. The van der Waals surface area contributed by atoms with Crippen LogP contribution in [0.4, 0.5) is 0 Å². The smallest absolute Gasteiger partial charge is 0.317 e. The molecule has 1 rings (SSSR count). The fourth-order valence-corrected chi connectivity index (χ4v) is 1.80. The fraction of sp³-hybridized carbons (Fsp3) is 0.500. The van der Waals surface area contributed by atoms with Gasteiger partial charge in [-0.05, 0) is 32.8 Å². The van der Waals surface area contributed by atoms with E-state index in [1.165, 1.54) is 0 Å². The topological polar surface area (TPSA) is 43.4 Å². The van der Waals surface area contributed by atoms with Gasteiger partial charge >= 0.3 is 5.97 Å². The Morgan fingerprint density at radius 1 is 1.16 bits per heavy atom. The van der Waals surface area contributed by atoms with E-state index < -0.39 is 17.5 Å². The van der Waals surface area contributed by atoms with Crippen LogP contribution in [0.25, 0.3) is 0 Å². The van der Waals surface area contributed by atoms with Gasteiger partial charge in [0.25, 0.3) is 0 Å². The summed E-state index contributed by atoms with van der Waals surface area (Å²) in [6.45, 7) is 7.19. The summed E-state index contributed by atoms with van der Waals surface area (Å²) in [4.78, 5) is 24.1. The van der Waals surface area contributed by atoms with Crippen molar-refractivity contribution in [3.8, 4) is 0 Å². The quantitative estimate of drug-likeness (QED) is 0.604. The van der Waals surface area contributed by atoms with E-state index in [2.05, 4.69) is 0 Å². The Labute approximate surface area is 115 Å². The second-order valence-electron chi connectivity index (χ2n) is 5.60. The molecule has 0 saturated carbocycles. The lowest BCUT2D eigenvalue weighted by Crippen LogP contribution is -2.33. The first-order valence-corrected chi connectivity index (χ1v) is 6.63. The molecule has 0 heterocycles. The summed E-state index contributed by atoms with van der Waals surface area (Å²) < 4.78 is 5.34. The maximum atomic E-state index is 12.1. The summed E-state index contributed by atoms with van der Waals surface area (Å²) in [6.07, 6.45) is 0.749. The molecule has 0 bridgehead atoms. The van der Waals surface area contributed by atoms with E-state index in [1.54, 1.807) is 27.7 Å². The normalized spacial score (nSPS) is 12.8. The molecule has 1 unspecified atom stereocenters. The number of hydrogen-bond acceptors (Lipinski definition) is 3. The van der Waals surface area contributed by atoms with Crippen molar-refractivity contribution in [1.82, 2.24) is 0 Å². The number of esters is 1. The van der Waals surface area contributed by atoms with Crippen molar-refractivity contribution in [2.45, 2.75) is 46.1 Å². The van der Waals surface area contributed by atoms with E-state index in [9.17, 15) is 9.59 Å². The third-order valence-electron chi connectivity index (χ3n) is 2.71. The van der Waals surface area contributed by atoms with Gasteiger partial charge < -0.3 is 4.74 Å². The first kappa shape index (κ1) is 15.4. The highest BCUT2D eigenvalue weighted by molar-refractivity contribution is 5.99. The maximum absolute atomic E-state index is 12.1. The largest absolute Gasteiger partial charge is 0.459 e. The molecule has 3 nitrogen and oxygen atoms in total. The van der Waals surface area contributed by atoms with Gasteiger partial charge in [0, 0.05) is 6.42 Å². The molecule has 0 N–H and O–H groups in total. The molecule has 1 aromatic carbocycles. The molecule has 0 aliphatic rings. The molecule has 1 aromatic rings. The van der Waals surface area contributed by atoms with E-state index in [0.717, 1.165) is 5.56 Å². The fourth-order valence-electron chi connectivity index (χ4n) is 1.80. The maximum Gasteiger partial charge on any atom is 0.317 e. The molecule has 0 aliphatic carbocycles. The van der Waals surface area contributed by atoms with Gasteiger partial charge in [0.15, 0.2) is 0 Å². The highest BCUT2D eigenvalue weighted by Crippen LogP contribution is 2.17. The van der Waals surface area contributed by atoms with Gasteiger partial charge in [-0.2, -0.15) is 0 Å². The molecule has 0 radical (unpaired) electrons. The summed E-state index contributed by atoms with van der Waals surface area (Å²) in [5, 5.41) is 0. The van der Waals surface area contributed by atoms with Crippen LogP contribution in [0.15, 0.2) is 30.3 Å². The SMILES string of the molecule is CCC(=O)C(Cc1ccccc1)C(=O)OC(C)(C)C. The van der Waals surface area contributed by atoms with Gasteiger partial charge in [-0.25, -0.2) is 0 Å². The molecule has 19 heavy (non-hydrogen) atoms. The van der Waals surface area contributed by atoms with Crippen molar-refractivity contribution < 1.29 is 14.3 Å². The van der Waals surface area contributed by atoms with Crippen LogP contribution in [0.5, 0.6) is 0 Å². The third kappa shape index (κ3) is 5.25. The summed E-state index contributed by atoms with van der Waals surface area (Å²) >= 11 is 0. The number of benzene rings is 1. The van der Waals surface area contributed by atoms with Crippen LogP contribution in [0.3, 0.4) is 0 Å². The van der Waals surface area contributed by atoms with E-state index in [-0.39, 0.29) is 5.78 Å². The van der Waals surface area contributed by atoms with Crippen molar-refractivity contribution in [2.24, 2.45) is 5.92 Å². The van der Waals surface area contributed by atoms with Crippen LogP contribution < -0.4 is 0 Å². The molecular weight excluding hydrogens is 240 g/mol. The molecular formula is C16H22O3. The molecule has 0 aliphatic heterocycles. The minimum Gasteiger partial charge on any atom is -0.459 e. The van der Waals surface area contributed by atoms with Crippen molar-refractivity contribution in [3.63, 3.8) is 0 Å². The molecule has 1 atom stereocenters. The van der Waals surface area contributed by atoms with Crippen LogP contribution >= 0.6 is 0 Å². The molecule has 0 amide bonds. The Bertz CT molecular complexity index is 429. The molecule has 3 heteroatoms. The van der Waals surface area contributed by atoms with Crippen LogP contribution in [0, 0.1) is 5.92 Å². The van der Waals surface area contributed by atoms with Gasteiger partial charge in [0.2, 0.25) is 0 Å². The molecule has 0 aromatic heterocycles. The standard InChI is InChI=1S/C16H22O3/c1-5-14(17)13(15(18)19-16(2,3)4)11-12-9-7-6-8-10-12/h6-10,13H,5,11H2,1-4H3. The highest BCUT2D eigenvalue weighted by atomic mass is 16.6. The summed E-state index contributed by atoms with van der Waals surface area (Å²) in [7, 11) is 0. The monoisotopic (exact) mass is 262 g/mol. The Hall–Kier alpha value is -1.64. The number of carbonyl (C=O) groups excluding carboxylic acids is 2. The van der Waals surface area contributed by atoms with Crippen molar-refractivity contribution in [1.29, 1.82) is 0 Å². The molecule has 0 spiro atoms. The Morgan fingerprint density at radius 2 is 1.74 bits per heavy atom. The average Bonchev–Trinajstić information content (AvgIpc) is 2.34. The Morgan fingerprint density at radius 3 is 2.21 bits per heavy atom. The number of rotatable bonds is 5. The summed E-state index contributed by atoms with van der Waals surface area (Å²) in [5.41, 5.74) is 0.403. The average molecular weight is 262 g/mol. The molecule has 104 valence electrons. The minimum absolute atomic E-state index is 0.0712. The zero-order chi connectivity index (χ0) is 14.5. The van der Waals surface area contributed by atoms with E-state index in [1.807, 2.05) is 30.3 Å².